The molecule has 1 aliphatic carbocycles. The van der Waals surface area contributed by atoms with Crippen LogP contribution >= 0.6 is 0 Å². The summed E-state index contributed by atoms with van der Waals surface area (Å²) in [6.07, 6.45) is 13.8. The second-order valence-corrected chi connectivity index (χ2v) is 10.5. The average Bonchev–Trinajstić information content (AvgIpc) is 2.91. The first kappa shape index (κ1) is 37.1. The summed E-state index contributed by atoms with van der Waals surface area (Å²) in [4.78, 5) is 0. The molecule has 0 radical (unpaired) electrons. The molecule has 1 aliphatic rings. The number of unbranched alkanes of at least 4 members (excludes halogenated alkanes) is 1. The molecule has 3 atom stereocenters. The summed E-state index contributed by atoms with van der Waals surface area (Å²) in [6, 6.07) is 8.85. The summed E-state index contributed by atoms with van der Waals surface area (Å²) in [5.41, 5.74) is 1.69. The van der Waals surface area contributed by atoms with Gasteiger partial charge in [-0.25, -0.2) is 0 Å². The first-order valence-corrected chi connectivity index (χ1v) is 15.8. The highest BCUT2D eigenvalue weighted by Crippen LogP contribution is 2.38. The van der Waals surface area contributed by atoms with E-state index in [0.717, 1.165) is 18.6 Å². The van der Waals surface area contributed by atoms with Gasteiger partial charge in [0.15, 0.2) is 6.29 Å². The standard InChI is InChI=1S/C28H48O2.3C2H6/c1-7-10-14-22(8-2)21-27(29-24-15-12-11-13-16-24)30-25-19-17-23(18-20-25)26(9-3)28(4,5)6;3*1-2/h17-20,22,24,26-27H,7-16,21H2,1-6H3;3*1-2H3. The van der Waals surface area contributed by atoms with Crippen molar-refractivity contribution in [3.05, 3.63) is 29.8 Å². The summed E-state index contributed by atoms with van der Waals surface area (Å²) in [6.45, 7) is 25.9. The van der Waals surface area contributed by atoms with E-state index in [1.54, 1.807) is 0 Å². The van der Waals surface area contributed by atoms with E-state index in [4.69, 9.17) is 9.47 Å². The fourth-order valence-electron chi connectivity index (χ4n) is 5.08. The van der Waals surface area contributed by atoms with Crippen molar-refractivity contribution in [3.8, 4) is 5.75 Å². The van der Waals surface area contributed by atoms with E-state index in [1.807, 2.05) is 41.5 Å². The van der Waals surface area contributed by atoms with Gasteiger partial charge in [-0.15, -0.1) is 0 Å². The smallest absolute Gasteiger partial charge is 0.200 e. The van der Waals surface area contributed by atoms with Crippen LogP contribution in [-0.4, -0.2) is 12.4 Å². The number of hydrogen-bond acceptors (Lipinski definition) is 2. The number of ether oxygens (including phenoxy) is 2. The highest BCUT2D eigenvalue weighted by molar-refractivity contribution is 5.30. The van der Waals surface area contributed by atoms with Gasteiger partial charge in [-0.2, -0.15) is 0 Å². The molecule has 2 rings (SSSR count). The van der Waals surface area contributed by atoms with Crippen molar-refractivity contribution in [1.29, 1.82) is 0 Å². The predicted molar refractivity (Wildman–Crippen MR) is 163 cm³/mol. The number of hydrogen-bond donors (Lipinski definition) is 0. The molecule has 0 bridgehead atoms. The van der Waals surface area contributed by atoms with Crippen LogP contribution in [0, 0.1) is 11.3 Å². The Hall–Kier alpha value is -1.02. The van der Waals surface area contributed by atoms with Crippen molar-refractivity contribution < 1.29 is 9.47 Å². The normalized spacial score (nSPS) is 16.1. The van der Waals surface area contributed by atoms with E-state index in [-0.39, 0.29) is 11.7 Å². The molecule has 0 aromatic heterocycles. The molecule has 0 saturated heterocycles. The molecule has 2 heteroatoms. The van der Waals surface area contributed by atoms with Crippen LogP contribution in [0.25, 0.3) is 0 Å². The molecule has 0 N–H and O–H groups in total. The molecule has 0 aliphatic heterocycles. The first-order chi connectivity index (χ1) is 17.4. The Morgan fingerprint density at radius 1 is 0.806 bits per heavy atom. The molecule has 1 aromatic rings. The molecular weight excluding hydrogens is 440 g/mol. The Morgan fingerprint density at radius 3 is 1.81 bits per heavy atom. The Bertz CT molecular complexity index is 566. The van der Waals surface area contributed by atoms with Crippen LogP contribution in [0.15, 0.2) is 24.3 Å². The molecule has 36 heavy (non-hydrogen) atoms. The van der Waals surface area contributed by atoms with E-state index in [2.05, 4.69) is 65.8 Å². The molecule has 0 heterocycles. The molecule has 0 amide bonds. The maximum absolute atomic E-state index is 6.54. The summed E-state index contributed by atoms with van der Waals surface area (Å²) < 4.78 is 13.0. The first-order valence-electron chi connectivity index (χ1n) is 15.8. The quantitative estimate of drug-likeness (QED) is 0.262. The van der Waals surface area contributed by atoms with Crippen LogP contribution in [0.5, 0.6) is 5.75 Å². The molecule has 1 fully saturated rings. The SMILES string of the molecule is CC.CC.CC.CCCCC(CC)CC(Oc1ccc(C(CC)C(C)(C)C)cc1)OC1CCCCC1. The van der Waals surface area contributed by atoms with Crippen LogP contribution < -0.4 is 4.74 Å². The lowest BCUT2D eigenvalue weighted by Gasteiger charge is -2.31. The zero-order valence-electron chi connectivity index (χ0n) is 26.7. The van der Waals surface area contributed by atoms with Gasteiger partial charge in [-0.1, -0.05) is 140 Å². The van der Waals surface area contributed by atoms with E-state index in [9.17, 15) is 0 Å². The maximum atomic E-state index is 6.54. The summed E-state index contributed by atoms with van der Waals surface area (Å²) in [5.74, 6) is 2.20. The van der Waals surface area contributed by atoms with E-state index < -0.39 is 0 Å². The molecule has 0 spiro atoms. The van der Waals surface area contributed by atoms with Gasteiger partial charge in [-0.3, -0.25) is 0 Å². The van der Waals surface area contributed by atoms with Crippen molar-refractivity contribution in [3.63, 3.8) is 0 Å². The average molecular weight is 507 g/mol. The van der Waals surface area contributed by atoms with Crippen LogP contribution in [0.4, 0.5) is 0 Å². The molecular formula is C34H66O2. The molecule has 1 aromatic carbocycles. The lowest BCUT2D eigenvalue weighted by atomic mass is 9.75. The Labute approximate surface area is 228 Å². The fraction of sp³-hybridized carbons (Fsp3) is 0.824. The summed E-state index contributed by atoms with van der Waals surface area (Å²) in [7, 11) is 0. The van der Waals surface area contributed by atoms with Crippen molar-refractivity contribution in [2.75, 3.05) is 0 Å². The molecule has 2 nitrogen and oxygen atoms in total. The van der Waals surface area contributed by atoms with E-state index in [1.165, 1.54) is 63.4 Å². The van der Waals surface area contributed by atoms with Crippen molar-refractivity contribution >= 4 is 0 Å². The lowest BCUT2D eigenvalue weighted by molar-refractivity contribution is -0.138. The van der Waals surface area contributed by atoms with E-state index in [0.29, 0.717) is 17.9 Å². The Morgan fingerprint density at radius 2 is 1.36 bits per heavy atom. The third kappa shape index (κ3) is 15.3. The van der Waals surface area contributed by atoms with Gasteiger partial charge in [0.1, 0.15) is 5.75 Å². The fourth-order valence-corrected chi connectivity index (χ4v) is 5.08. The zero-order valence-corrected chi connectivity index (χ0v) is 26.7. The largest absolute Gasteiger partial charge is 0.465 e. The second-order valence-electron chi connectivity index (χ2n) is 10.5. The van der Waals surface area contributed by atoms with Gasteiger partial charge < -0.3 is 9.47 Å². The van der Waals surface area contributed by atoms with Crippen LogP contribution in [-0.2, 0) is 4.74 Å². The van der Waals surface area contributed by atoms with Gasteiger partial charge in [0.05, 0.1) is 6.10 Å². The van der Waals surface area contributed by atoms with Crippen LogP contribution in [0.2, 0.25) is 0 Å². The maximum Gasteiger partial charge on any atom is 0.200 e. The molecule has 1 saturated carbocycles. The number of rotatable bonds is 12. The van der Waals surface area contributed by atoms with Gasteiger partial charge in [-0.05, 0) is 54.2 Å². The summed E-state index contributed by atoms with van der Waals surface area (Å²) >= 11 is 0. The highest BCUT2D eigenvalue weighted by atomic mass is 16.7. The Kier molecular flexibility index (Phi) is 23.9. The number of benzene rings is 1. The minimum absolute atomic E-state index is 0.120. The van der Waals surface area contributed by atoms with Crippen molar-refractivity contribution in [2.24, 2.45) is 11.3 Å². The summed E-state index contributed by atoms with van der Waals surface area (Å²) in [5, 5.41) is 0. The van der Waals surface area contributed by atoms with Gasteiger partial charge in [0.2, 0.25) is 0 Å². The monoisotopic (exact) mass is 507 g/mol. The minimum Gasteiger partial charge on any atom is -0.465 e. The topological polar surface area (TPSA) is 18.5 Å². The molecule has 214 valence electrons. The third-order valence-electron chi connectivity index (χ3n) is 6.97. The van der Waals surface area contributed by atoms with E-state index >= 15 is 0 Å². The van der Waals surface area contributed by atoms with Gasteiger partial charge in [0, 0.05) is 6.42 Å². The van der Waals surface area contributed by atoms with Crippen molar-refractivity contribution in [1.82, 2.24) is 0 Å². The third-order valence-corrected chi connectivity index (χ3v) is 6.97. The van der Waals surface area contributed by atoms with Gasteiger partial charge in [0.25, 0.3) is 0 Å². The van der Waals surface area contributed by atoms with Crippen molar-refractivity contribution in [2.45, 2.75) is 172 Å². The molecule has 3 unspecified atom stereocenters. The lowest BCUT2D eigenvalue weighted by Crippen LogP contribution is -2.30. The minimum atomic E-state index is -0.120. The second kappa shape index (κ2) is 23.1. The van der Waals surface area contributed by atoms with Gasteiger partial charge >= 0.3 is 0 Å². The zero-order chi connectivity index (χ0) is 28.0. The van der Waals surface area contributed by atoms with Crippen LogP contribution in [0.3, 0.4) is 0 Å². The van der Waals surface area contributed by atoms with Crippen LogP contribution in [0.1, 0.15) is 165 Å². The predicted octanol–water partition coefficient (Wildman–Crippen LogP) is 12.0. The highest BCUT2D eigenvalue weighted by Gasteiger charge is 2.26. The Balaban J connectivity index is 0.